The van der Waals surface area contributed by atoms with Gasteiger partial charge in [-0.3, -0.25) is 4.90 Å². The van der Waals surface area contributed by atoms with Gasteiger partial charge in [-0.25, -0.2) is 8.78 Å². The lowest BCUT2D eigenvalue weighted by Crippen LogP contribution is -2.37. The molecule has 1 atom stereocenters. The van der Waals surface area contributed by atoms with E-state index in [0.717, 1.165) is 19.4 Å². The Morgan fingerprint density at radius 3 is 2.67 bits per heavy atom. The minimum atomic E-state index is -0.635. The summed E-state index contributed by atoms with van der Waals surface area (Å²) in [5.41, 5.74) is -0.137. The highest BCUT2D eigenvalue weighted by Crippen LogP contribution is 2.28. The SMILES string of the molecule is OC1CCCN(Cc2ccc(-c3c(F)cccc3F)o2)C1. The molecule has 2 aromatic rings. The predicted octanol–water partition coefficient (Wildman–Crippen LogP) is 3.18. The van der Waals surface area contributed by atoms with Crippen LogP contribution in [0.3, 0.4) is 0 Å². The minimum absolute atomic E-state index is 0.137. The number of aliphatic hydroxyl groups excluding tert-OH is 1. The van der Waals surface area contributed by atoms with E-state index >= 15 is 0 Å². The second-order valence-corrected chi connectivity index (χ2v) is 5.39. The Balaban J connectivity index is 1.77. The molecule has 1 saturated heterocycles. The fourth-order valence-corrected chi connectivity index (χ4v) is 2.73. The van der Waals surface area contributed by atoms with Crippen molar-refractivity contribution in [3.05, 3.63) is 47.7 Å². The molecule has 5 heteroatoms. The van der Waals surface area contributed by atoms with Gasteiger partial charge < -0.3 is 9.52 Å². The molecule has 21 heavy (non-hydrogen) atoms. The van der Waals surface area contributed by atoms with Gasteiger partial charge >= 0.3 is 0 Å². The summed E-state index contributed by atoms with van der Waals surface area (Å²) in [6.07, 6.45) is 1.45. The number of rotatable bonds is 3. The number of aliphatic hydroxyl groups is 1. The standard InChI is InChI=1S/C16H17F2NO2/c17-13-4-1-5-14(18)16(13)15-7-6-12(21-15)10-19-8-2-3-11(20)9-19/h1,4-7,11,20H,2-3,8-10H2. The highest BCUT2D eigenvalue weighted by atomic mass is 19.1. The first-order valence-corrected chi connectivity index (χ1v) is 7.07. The molecule has 1 aliphatic rings. The molecule has 0 saturated carbocycles. The molecule has 1 aromatic heterocycles. The minimum Gasteiger partial charge on any atom is -0.460 e. The molecular weight excluding hydrogens is 276 g/mol. The van der Waals surface area contributed by atoms with E-state index in [1.807, 2.05) is 0 Å². The van der Waals surface area contributed by atoms with Gasteiger partial charge in [0.25, 0.3) is 0 Å². The topological polar surface area (TPSA) is 36.6 Å². The average molecular weight is 293 g/mol. The monoisotopic (exact) mass is 293 g/mol. The second kappa shape index (κ2) is 5.95. The third-order valence-electron chi connectivity index (χ3n) is 3.73. The Kier molecular flexibility index (Phi) is 4.03. The second-order valence-electron chi connectivity index (χ2n) is 5.39. The van der Waals surface area contributed by atoms with Crippen LogP contribution in [-0.2, 0) is 6.54 Å². The van der Waals surface area contributed by atoms with Gasteiger partial charge in [0.05, 0.1) is 18.2 Å². The van der Waals surface area contributed by atoms with Crippen LogP contribution in [0.5, 0.6) is 0 Å². The zero-order valence-electron chi connectivity index (χ0n) is 11.6. The van der Waals surface area contributed by atoms with Crippen molar-refractivity contribution in [1.29, 1.82) is 0 Å². The number of halogens is 2. The van der Waals surface area contributed by atoms with Crippen LogP contribution >= 0.6 is 0 Å². The highest BCUT2D eigenvalue weighted by molar-refractivity contribution is 5.59. The van der Waals surface area contributed by atoms with Gasteiger partial charge in [-0.1, -0.05) is 6.07 Å². The van der Waals surface area contributed by atoms with Gasteiger partial charge in [-0.15, -0.1) is 0 Å². The maximum atomic E-state index is 13.7. The number of likely N-dealkylation sites (tertiary alicyclic amines) is 1. The summed E-state index contributed by atoms with van der Waals surface area (Å²) in [5, 5.41) is 9.64. The maximum Gasteiger partial charge on any atom is 0.140 e. The van der Waals surface area contributed by atoms with E-state index in [2.05, 4.69) is 4.90 Å². The fraction of sp³-hybridized carbons (Fsp3) is 0.375. The molecule has 1 aromatic carbocycles. The Morgan fingerprint density at radius 1 is 1.19 bits per heavy atom. The van der Waals surface area contributed by atoms with E-state index in [4.69, 9.17) is 4.42 Å². The largest absolute Gasteiger partial charge is 0.460 e. The summed E-state index contributed by atoms with van der Waals surface area (Å²) in [7, 11) is 0. The zero-order valence-corrected chi connectivity index (χ0v) is 11.6. The van der Waals surface area contributed by atoms with Crippen molar-refractivity contribution in [1.82, 2.24) is 4.90 Å². The fourth-order valence-electron chi connectivity index (χ4n) is 2.73. The summed E-state index contributed by atoms with van der Waals surface area (Å²) >= 11 is 0. The summed E-state index contributed by atoms with van der Waals surface area (Å²) < 4.78 is 33.0. The van der Waals surface area contributed by atoms with E-state index < -0.39 is 11.6 Å². The van der Waals surface area contributed by atoms with Gasteiger partial charge in [0, 0.05) is 6.54 Å². The van der Waals surface area contributed by atoms with Crippen LogP contribution in [0.25, 0.3) is 11.3 Å². The van der Waals surface area contributed by atoms with E-state index in [9.17, 15) is 13.9 Å². The smallest absolute Gasteiger partial charge is 0.140 e. The highest BCUT2D eigenvalue weighted by Gasteiger charge is 2.20. The van der Waals surface area contributed by atoms with Crippen LogP contribution in [0.4, 0.5) is 8.78 Å². The summed E-state index contributed by atoms with van der Waals surface area (Å²) in [5.74, 6) is -0.437. The Bertz CT molecular complexity index is 606. The van der Waals surface area contributed by atoms with Crippen molar-refractivity contribution >= 4 is 0 Å². The van der Waals surface area contributed by atoms with E-state index in [1.54, 1.807) is 12.1 Å². The lowest BCUT2D eigenvalue weighted by atomic mass is 10.1. The van der Waals surface area contributed by atoms with Crippen molar-refractivity contribution < 1.29 is 18.3 Å². The lowest BCUT2D eigenvalue weighted by molar-refractivity contribution is 0.0635. The van der Waals surface area contributed by atoms with Crippen molar-refractivity contribution in [3.63, 3.8) is 0 Å². The molecule has 1 aliphatic heterocycles. The lowest BCUT2D eigenvalue weighted by Gasteiger charge is -2.29. The molecule has 0 bridgehead atoms. The molecule has 2 heterocycles. The molecule has 0 radical (unpaired) electrons. The number of piperidine rings is 1. The van der Waals surface area contributed by atoms with Crippen molar-refractivity contribution in [2.75, 3.05) is 13.1 Å². The van der Waals surface area contributed by atoms with Crippen LogP contribution in [-0.4, -0.2) is 29.2 Å². The van der Waals surface area contributed by atoms with Crippen LogP contribution in [0, 0.1) is 11.6 Å². The van der Waals surface area contributed by atoms with Crippen LogP contribution in [0.1, 0.15) is 18.6 Å². The van der Waals surface area contributed by atoms with Crippen molar-refractivity contribution in [2.45, 2.75) is 25.5 Å². The van der Waals surface area contributed by atoms with Gasteiger partial charge in [0.1, 0.15) is 23.2 Å². The Morgan fingerprint density at radius 2 is 1.95 bits per heavy atom. The normalized spacial score (nSPS) is 19.9. The van der Waals surface area contributed by atoms with Crippen molar-refractivity contribution in [3.8, 4) is 11.3 Å². The molecule has 3 nitrogen and oxygen atoms in total. The first-order valence-electron chi connectivity index (χ1n) is 7.07. The number of β-amino-alcohol motifs (C(OH)–C–C–N with tert-alkyl or cyclic N) is 1. The van der Waals surface area contributed by atoms with Crippen molar-refractivity contribution in [2.24, 2.45) is 0 Å². The quantitative estimate of drug-likeness (QED) is 0.944. The van der Waals surface area contributed by atoms with E-state index in [1.165, 1.54) is 18.2 Å². The number of nitrogens with zero attached hydrogens (tertiary/aromatic N) is 1. The van der Waals surface area contributed by atoms with Gasteiger partial charge in [0.2, 0.25) is 0 Å². The molecule has 112 valence electrons. The number of hydrogen-bond donors (Lipinski definition) is 1. The predicted molar refractivity (Wildman–Crippen MR) is 74.6 cm³/mol. The summed E-state index contributed by atoms with van der Waals surface area (Å²) in [6, 6.07) is 7.05. The number of benzene rings is 1. The summed E-state index contributed by atoms with van der Waals surface area (Å²) in [6.45, 7) is 2.03. The van der Waals surface area contributed by atoms with Crippen LogP contribution in [0.2, 0.25) is 0 Å². The molecule has 0 aliphatic carbocycles. The molecule has 1 unspecified atom stereocenters. The number of furan rings is 1. The Labute approximate surface area is 121 Å². The van der Waals surface area contributed by atoms with Crippen LogP contribution < -0.4 is 0 Å². The van der Waals surface area contributed by atoms with E-state index in [0.29, 0.717) is 18.8 Å². The molecule has 1 N–H and O–H groups in total. The molecule has 3 rings (SSSR count). The summed E-state index contributed by atoms with van der Waals surface area (Å²) in [4.78, 5) is 2.08. The average Bonchev–Trinajstić information content (AvgIpc) is 2.87. The molecule has 0 spiro atoms. The van der Waals surface area contributed by atoms with Gasteiger partial charge in [-0.2, -0.15) is 0 Å². The zero-order chi connectivity index (χ0) is 14.8. The van der Waals surface area contributed by atoms with Gasteiger partial charge in [-0.05, 0) is 43.7 Å². The third kappa shape index (κ3) is 3.14. The first kappa shape index (κ1) is 14.2. The third-order valence-corrected chi connectivity index (χ3v) is 3.73. The molecular formula is C16H17F2NO2. The van der Waals surface area contributed by atoms with E-state index in [-0.39, 0.29) is 17.4 Å². The van der Waals surface area contributed by atoms with Crippen LogP contribution in [0.15, 0.2) is 34.7 Å². The molecule has 1 fully saturated rings. The maximum absolute atomic E-state index is 13.7. The first-order chi connectivity index (χ1) is 10.1. The Hall–Kier alpha value is -1.72. The number of hydrogen-bond acceptors (Lipinski definition) is 3. The molecule has 0 amide bonds. The van der Waals surface area contributed by atoms with Gasteiger partial charge in [0.15, 0.2) is 0 Å².